The zero-order valence-electron chi connectivity index (χ0n) is 28.0. The molecule has 0 aliphatic rings. The fraction of sp³-hybridized carbons (Fsp3) is 0. The third-order valence-corrected chi connectivity index (χ3v) is 11.0. The second-order valence-corrected chi connectivity index (χ2v) is 13.7. The van der Waals surface area contributed by atoms with Gasteiger partial charge in [0.05, 0.1) is 33.1 Å². The highest BCUT2D eigenvalue weighted by Gasteiger charge is 2.26. The maximum Gasteiger partial charge on any atom is 0.135 e. The van der Waals surface area contributed by atoms with E-state index in [-0.39, 0.29) is 0 Å². The Morgan fingerprint density at radius 3 is 1.44 bits per heavy atom. The predicted octanol–water partition coefficient (Wildman–Crippen LogP) is 12.8. The van der Waals surface area contributed by atoms with Gasteiger partial charge in [0.2, 0.25) is 0 Å². The summed E-state index contributed by atoms with van der Waals surface area (Å²) in [6, 6.07) is 63.5. The van der Waals surface area contributed by atoms with Crippen LogP contribution in [0.4, 0.5) is 0 Å². The molecule has 0 amide bonds. The van der Waals surface area contributed by atoms with Crippen molar-refractivity contribution in [3.8, 4) is 28.2 Å². The molecule has 0 aliphatic carbocycles. The van der Waals surface area contributed by atoms with Crippen molar-refractivity contribution in [2.24, 2.45) is 0 Å². The zero-order valence-corrected chi connectivity index (χ0v) is 28.0. The van der Waals surface area contributed by atoms with Gasteiger partial charge in [-0.3, -0.25) is 0 Å². The van der Waals surface area contributed by atoms with Gasteiger partial charge in [0.25, 0.3) is 0 Å². The predicted molar refractivity (Wildman–Crippen MR) is 216 cm³/mol. The first-order valence-corrected chi connectivity index (χ1v) is 17.8. The monoisotopic (exact) mass is 663 g/mol. The van der Waals surface area contributed by atoms with Crippen LogP contribution in [0.15, 0.2) is 180 Å². The van der Waals surface area contributed by atoms with E-state index in [9.17, 15) is 0 Å². The van der Waals surface area contributed by atoms with Gasteiger partial charge in [-0.1, -0.05) is 91.0 Å². The van der Waals surface area contributed by atoms with Gasteiger partial charge >= 0.3 is 0 Å². The number of nitrogens with zero attached hydrogens (tertiary/aromatic N) is 3. The van der Waals surface area contributed by atoms with Gasteiger partial charge in [0.1, 0.15) is 11.2 Å². The van der Waals surface area contributed by atoms with Gasteiger partial charge < -0.3 is 18.1 Å². The second-order valence-electron chi connectivity index (χ2n) is 13.7. The average Bonchev–Trinajstić information content (AvgIpc) is 3.83. The highest BCUT2D eigenvalue weighted by atomic mass is 16.3. The minimum Gasteiger partial charge on any atom is -0.456 e. The van der Waals surface area contributed by atoms with Crippen LogP contribution in [0, 0.1) is 0 Å². The van der Waals surface area contributed by atoms with Crippen LogP contribution in [0.1, 0.15) is 0 Å². The maximum absolute atomic E-state index is 6.26. The van der Waals surface area contributed by atoms with Crippen molar-refractivity contribution < 1.29 is 4.42 Å². The molecule has 0 unspecified atom stereocenters. The molecule has 4 aromatic heterocycles. The standard InChI is InChI=1S/C48H29N3O/c1-3-12-30(13-4-1)31-14-9-17-33(28-31)50-39-21-10-19-37-45(39)47-41(50)25-26-42-48(47)46-38(49(37)32-15-5-2-6-16-32)20-11-22-40(46)51(42)34-24-27-44-36(29-34)35-18-7-8-23-43(35)52-44/h1-29H. The summed E-state index contributed by atoms with van der Waals surface area (Å²) in [5, 5.41) is 7.30. The van der Waals surface area contributed by atoms with Crippen molar-refractivity contribution in [3.05, 3.63) is 176 Å². The molecule has 0 saturated carbocycles. The number of para-hydroxylation sites is 2. The van der Waals surface area contributed by atoms with E-state index in [1.165, 1.54) is 65.8 Å². The Labute approximate surface area is 297 Å². The molecular formula is C48H29N3O. The molecule has 8 aromatic carbocycles. The lowest BCUT2D eigenvalue weighted by atomic mass is 10.0. The lowest BCUT2D eigenvalue weighted by Gasteiger charge is -2.14. The quantitative estimate of drug-likeness (QED) is 0.184. The topological polar surface area (TPSA) is 27.9 Å². The largest absolute Gasteiger partial charge is 0.456 e. The van der Waals surface area contributed by atoms with Crippen molar-refractivity contribution in [1.29, 1.82) is 0 Å². The number of hydrogen-bond donors (Lipinski definition) is 0. The first-order valence-electron chi connectivity index (χ1n) is 17.8. The molecular weight excluding hydrogens is 635 g/mol. The first-order chi connectivity index (χ1) is 25.8. The van der Waals surface area contributed by atoms with Gasteiger partial charge in [-0.15, -0.1) is 0 Å². The van der Waals surface area contributed by atoms with E-state index in [0.717, 1.165) is 39.0 Å². The molecule has 0 radical (unpaired) electrons. The Balaban J connectivity index is 1.27. The normalized spacial score (nSPS) is 12.2. The fourth-order valence-corrected chi connectivity index (χ4v) is 8.88. The van der Waals surface area contributed by atoms with E-state index in [1.807, 2.05) is 12.1 Å². The van der Waals surface area contributed by atoms with Crippen molar-refractivity contribution in [3.63, 3.8) is 0 Å². The first kappa shape index (κ1) is 27.7. The smallest absolute Gasteiger partial charge is 0.135 e. The molecule has 0 spiro atoms. The minimum absolute atomic E-state index is 0.899. The van der Waals surface area contributed by atoms with Crippen LogP contribution in [0.5, 0.6) is 0 Å². The van der Waals surface area contributed by atoms with Crippen LogP contribution in [0.25, 0.3) is 105 Å². The Kier molecular flexibility index (Phi) is 5.47. The van der Waals surface area contributed by atoms with Crippen molar-refractivity contribution >= 4 is 76.6 Å². The third-order valence-electron chi connectivity index (χ3n) is 11.0. The molecule has 0 saturated heterocycles. The summed E-state index contributed by atoms with van der Waals surface area (Å²) in [5.74, 6) is 0. The molecule has 0 aliphatic heterocycles. The van der Waals surface area contributed by atoms with Crippen molar-refractivity contribution in [2.75, 3.05) is 0 Å². The van der Waals surface area contributed by atoms with Gasteiger partial charge in [-0.25, -0.2) is 0 Å². The third kappa shape index (κ3) is 3.65. The van der Waals surface area contributed by atoms with Crippen LogP contribution < -0.4 is 0 Å². The van der Waals surface area contributed by atoms with Crippen molar-refractivity contribution in [1.82, 2.24) is 13.7 Å². The number of fused-ring (bicyclic) bond motifs is 3. The minimum atomic E-state index is 0.899. The van der Waals surface area contributed by atoms with Crippen LogP contribution in [-0.4, -0.2) is 13.7 Å². The summed E-state index contributed by atoms with van der Waals surface area (Å²) in [4.78, 5) is 0. The van der Waals surface area contributed by atoms with Crippen LogP contribution in [0.2, 0.25) is 0 Å². The molecule has 242 valence electrons. The summed E-state index contributed by atoms with van der Waals surface area (Å²) in [7, 11) is 0. The molecule has 12 rings (SSSR count). The molecule has 12 aromatic rings. The fourth-order valence-electron chi connectivity index (χ4n) is 8.88. The van der Waals surface area contributed by atoms with Gasteiger partial charge in [0.15, 0.2) is 0 Å². The van der Waals surface area contributed by atoms with Crippen molar-refractivity contribution in [2.45, 2.75) is 0 Å². The maximum atomic E-state index is 6.26. The Morgan fingerprint density at radius 1 is 0.288 bits per heavy atom. The van der Waals surface area contributed by atoms with E-state index in [4.69, 9.17) is 4.42 Å². The molecule has 4 nitrogen and oxygen atoms in total. The Bertz CT molecular complexity index is 3340. The number of furan rings is 1. The summed E-state index contributed by atoms with van der Waals surface area (Å²) >= 11 is 0. The zero-order chi connectivity index (χ0) is 33.9. The molecule has 0 fully saturated rings. The number of rotatable bonds is 4. The summed E-state index contributed by atoms with van der Waals surface area (Å²) in [6.07, 6.45) is 0. The summed E-state index contributed by atoms with van der Waals surface area (Å²) in [6.45, 7) is 0. The molecule has 0 bridgehead atoms. The Morgan fingerprint density at radius 2 is 0.769 bits per heavy atom. The lowest BCUT2D eigenvalue weighted by molar-refractivity contribution is 0.669. The average molecular weight is 664 g/mol. The van der Waals surface area contributed by atoms with Gasteiger partial charge in [0, 0.05) is 49.4 Å². The molecule has 0 N–H and O–H groups in total. The lowest BCUT2D eigenvalue weighted by Crippen LogP contribution is -1.98. The van der Waals surface area contributed by atoms with E-state index in [0.29, 0.717) is 0 Å². The molecule has 52 heavy (non-hydrogen) atoms. The van der Waals surface area contributed by atoms with Gasteiger partial charge in [-0.05, 0) is 96.1 Å². The highest BCUT2D eigenvalue weighted by molar-refractivity contribution is 6.35. The van der Waals surface area contributed by atoms with E-state index in [2.05, 4.69) is 177 Å². The molecule has 4 heteroatoms. The van der Waals surface area contributed by atoms with Crippen LogP contribution >= 0.6 is 0 Å². The van der Waals surface area contributed by atoms with Gasteiger partial charge in [-0.2, -0.15) is 0 Å². The number of aromatic nitrogens is 3. The van der Waals surface area contributed by atoms with E-state index >= 15 is 0 Å². The number of benzene rings is 8. The SMILES string of the molecule is c1ccc(-c2cccc(-n3c4ccc5c6c4c4c3cccc4n(-c3ccccc3)c3cccc(c63)n5-c3ccc4oc5ccccc5c4c3)c2)cc1. The summed E-state index contributed by atoms with van der Waals surface area (Å²) < 4.78 is 13.6. The van der Waals surface area contributed by atoms with Crippen LogP contribution in [-0.2, 0) is 0 Å². The second kappa shape index (κ2) is 10.3. The number of hydrogen-bond acceptors (Lipinski definition) is 1. The van der Waals surface area contributed by atoms with E-state index in [1.54, 1.807) is 0 Å². The Hall–Kier alpha value is -7.04. The molecule has 0 atom stereocenters. The highest BCUT2D eigenvalue weighted by Crippen LogP contribution is 2.47. The summed E-state index contributed by atoms with van der Waals surface area (Å²) in [5.41, 5.74) is 14.7. The van der Waals surface area contributed by atoms with E-state index < -0.39 is 0 Å². The van der Waals surface area contributed by atoms with Crippen LogP contribution in [0.3, 0.4) is 0 Å². The molecule has 4 heterocycles.